The van der Waals surface area contributed by atoms with E-state index in [4.69, 9.17) is 27.8 Å². The van der Waals surface area contributed by atoms with Crippen LogP contribution in [0, 0.1) is 0 Å². The monoisotopic (exact) mass is 661 g/mol. The summed E-state index contributed by atoms with van der Waals surface area (Å²) in [4.78, 5) is 39.3. The average Bonchev–Trinajstić information content (AvgIpc) is 3.54. The molecule has 0 aliphatic carbocycles. The molecule has 1 amide bonds. The normalized spacial score (nSPS) is 16.3. The van der Waals surface area contributed by atoms with E-state index < -0.39 is 44.6 Å². The van der Waals surface area contributed by atoms with Crippen LogP contribution >= 0.6 is 7.82 Å². The number of likely N-dealkylation sites (tertiary alicyclic amines) is 1. The number of esters is 2. The van der Waals surface area contributed by atoms with Crippen molar-refractivity contribution in [3.05, 3.63) is 66.2 Å². The van der Waals surface area contributed by atoms with Gasteiger partial charge in [0.25, 0.3) is 0 Å². The molecule has 1 heterocycles. The topological polar surface area (TPSA) is 127 Å². The first kappa shape index (κ1) is 37.1. The van der Waals surface area contributed by atoms with Gasteiger partial charge in [-0.15, -0.1) is 0 Å². The van der Waals surface area contributed by atoms with Gasteiger partial charge < -0.3 is 23.6 Å². The lowest BCUT2D eigenvalue weighted by Gasteiger charge is -2.26. The summed E-state index contributed by atoms with van der Waals surface area (Å²) in [7, 11) is -4.32. The molecule has 0 bridgehead atoms. The number of phosphoric ester groups is 1. The highest BCUT2D eigenvalue weighted by Gasteiger charge is 2.36. The lowest BCUT2D eigenvalue weighted by molar-refractivity contribution is -0.161. The van der Waals surface area contributed by atoms with Crippen molar-refractivity contribution >= 4 is 25.9 Å². The molecular formula is C34H48NO10P. The Labute approximate surface area is 272 Å². The van der Waals surface area contributed by atoms with Gasteiger partial charge in [-0.25, -0.2) is 9.36 Å². The molecule has 1 aliphatic heterocycles. The Kier molecular flexibility index (Phi) is 16.7. The van der Waals surface area contributed by atoms with E-state index in [2.05, 4.69) is 0 Å². The second-order valence-electron chi connectivity index (χ2n) is 11.2. The van der Waals surface area contributed by atoms with E-state index in [9.17, 15) is 18.9 Å². The number of phosphoric acid groups is 1. The predicted octanol–water partition coefficient (Wildman–Crippen LogP) is 7.62. The molecule has 1 unspecified atom stereocenters. The van der Waals surface area contributed by atoms with Crippen molar-refractivity contribution in [2.45, 2.75) is 96.8 Å². The standard InChI is InChI=1S/C34H48NO10P/c1-3-5-9-21-32(36)40-26-31(44-33(37)22-10-6-4-2)27-43-46(39,45-30-19-13-8-14-20-30)42-25-29-18-15-23-35(29)34(38)41-24-28-16-11-7-12-17-28/h7-8,11-14,16-17,19-20,29,31H,3-6,9-10,15,18,21-27H2,1-2H3/t29-,31-,46?/m1/s1. The number of ether oxygens (including phenoxy) is 3. The van der Waals surface area contributed by atoms with Gasteiger partial charge in [0.05, 0.1) is 12.6 Å². The molecule has 0 N–H and O–H groups in total. The number of carbonyl (C=O) groups is 3. The van der Waals surface area contributed by atoms with E-state index in [1.165, 1.54) is 0 Å². The first-order valence-electron chi connectivity index (χ1n) is 16.3. The Hall–Kier alpha value is -3.40. The van der Waals surface area contributed by atoms with Gasteiger partial charge in [-0.2, -0.15) is 0 Å². The van der Waals surface area contributed by atoms with Crippen molar-refractivity contribution in [1.29, 1.82) is 0 Å². The Morgan fingerprint density at radius 1 is 0.826 bits per heavy atom. The number of benzene rings is 2. The first-order valence-corrected chi connectivity index (χ1v) is 17.7. The molecule has 2 aromatic carbocycles. The molecule has 1 fully saturated rings. The lowest BCUT2D eigenvalue weighted by atomic mass is 10.2. The van der Waals surface area contributed by atoms with Gasteiger partial charge in [-0.3, -0.25) is 18.6 Å². The van der Waals surface area contributed by atoms with Gasteiger partial charge >= 0.3 is 25.9 Å². The van der Waals surface area contributed by atoms with E-state index in [0.29, 0.717) is 25.8 Å². The Bertz CT molecular complexity index is 1230. The first-order chi connectivity index (χ1) is 22.3. The summed E-state index contributed by atoms with van der Waals surface area (Å²) < 4.78 is 47.7. The van der Waals surface area contributed by atoms with Crippen LogP contribution in [0.1, 0.15) is 83.6 Å². The predicted molar refractivity (Wildman–Crippen MR) is 172 cm³/mol. The van der Waals surface area contributed by atoms with Crippen LogP contribution in [0.4, 0.5) is 4.79 Å². The summed E-state index contributed by atoms with van der Waals surface area (Å²) in [5.74, 6) is -0.646. The second kappa shape index (κ2) is 20.7. The molecule has 3 rings (SSSR count). The number of rotatable bonds is 21. The number of amides is 1. The van der Waals surface area contributed by atoms with Gasteiger partial charge in [-0.05, 0) is 43.4 Å². The Morgan fingerprint density at radius 2 is 1.48 bits per heavy atom. The minimum absolute atomic E-state index is 0.129. The van der Waals surface area contributed by atoms with E-state index in [0.717, 1.165) is 37.7 Å². The van der Waals surface area contributed by atoms with Crippen molar-refractivity contribution < 1.29 is 46.7 Å². The molecule has 0 aromatic heterocycles. The van der Waals surface area contributed by atoms with Crippen LogP contribution in [-0.4, -0.2) is 61.4 Å². The van der Waals surface area contributed by atoms with Gasteiger partial charge in [0, 0.05) is 19.4 Å². The summed E-state index contributed by atoms with van der Waals surface area (Å²) in [5, 5.41) is 0. The van der Waals surface area contributed by atoms with Crippen molar-refractivity contribution in [2.75, 3.05) is 26.4 Å². The van der Waals surface area contributed by atoms with Crippen LogP contribution in [0.25, 0.3) is 0 Å². The molecule has 0 spiro atoms. The van der Waals surface area contributed by atoms with Crippen LogP contribution in [0.15, 0.2) is 60.7 Å². The van der Waals surface area contributed by atoms with Crippen LogP contribution in [0.3, 0.4) is 0 Å². The van der Waals surface area contributed by atoms with Crippen molar-refractivity contribution in [3.63, 3.8) is 0 Å². The third-order valence-electron chi connectivity index (χ3n) is 7.32. The minimum Gasteiger partial charge on any atom is -0.462 e. The highest BCUT2D eigenvalue weighted by atomic mass is 31.2. The van der Waals surface area contributed by atoms with Crippen molar-refractivity contribution in [3.8, 4) is 5.75 Å². The third kappa shape index (κ3) is 13.9. The van der Waals surface area contributed by atoms with E-state index in [1.807, 2.05) is 44.2 Å². The number of carbonyl (C=O) groups excluding carboxylic acids is 3. The molecule has 0 radical (unpaired) electrons. The Morgan fingerprint density at radius 3 is 2.15 bits per heavy atom. The highest BCUT2D eigenvalue weighted by Crippen LogP contribution is 2.50. The zero-order valence-electron chi connectivity index (χ0n) is 27.0. The molecule has 1 saturated heterocycles. The molecule has 12 heteroatoms. The quantitative estimate of drug-likeness (QED) is 0.0570. The van der Waals surface area contributed by atoms with Crippen LogP contribution in [0.5, 0.6) is 5.75 Å². The number of unbranched alkanes of at least 4 members (excludes halogenated alkanes) is 4. The van der Waals surface area contributed by atoms with Gasteiger partial charge in [0.2, 0.25) is 0 Å². The number of nitrogens with zero attached hydrogens (tertiary/aromatic N) is 1. The summed E-state index contributed by atoms with van der Waals surface area (Å²) in [6.07, 6.45) is 5.27. The molecule has 254 valence electrons. The molecule has 11 nitrogen and oxygen atoms in total. The molecule has 46 heavy (non-hydrogen) atoms. The largest absolute Gasteiger partial charge is 0.530 e. The summed E-state index contributed by atoms with van der Waals surface area (Å²) in [6, 6.07) is 17.3. The van der Waals surface area contributed by atoms with E-state index >= 15 is 0 Å². The number of hydrogen-bond acceptors (Lipinski definition) is 10. The molecule has 3 atom stereocenters. The average molecular weight is 662 g/mol. The maximum absolute atomic E-state index is 14.0. The van der Waals surface area contributed by atoms with E-state index in [1.54, 1.807) is 35.2 Å². The number of hydrogen-bond donors (Lipinski definition) is 0. The smallest absolute Gasteiger partial charge is 0.462 e. The summed E-state index contributed by atoms with van der Waals surface area (Å²) >= 11 is 0. The zero-order valence-corrected chi connectivity index (χ0v) is 27.9. The fourth-order valence-corrected chi connectivity index (χ4v) is 6.02. The molecule has 1 aliphatic rings. The summed E-state index contributed by atoms with van der Waals surface area (Å²) in [5.41, 5.74) is 0.865. The van der Waals surface area contributed by atoms with Crippen molar-refractivity contribution in [2.24, 2.45) is 0 Å². The zero-order chi connectivity index (χ0) is 33.0. The maximum atomic E-state index is 14.0. The van der Waals surface area contributed by atoms with E-state index in [-0.39, 0.29) is 38.4 Å². The lowest BCUT2D eigenvalue weighted by Crippen LogP contribution is -2.38. The fourth-order valence-electron chi connectivity index (χ4n) is 4.76. The number of para-hydroxylation sites is 1. The minimum atomic E-state index is -4.32. The van der Waals surface area contributed by atoms with Gasteiger partial charge in [0.15, 0.2) is 6.10 Å². The van der Waals surface area contributed by atoms with Crippen LogP contribution in [-0.2, 0) is 44.0 Å². The van der Waals surface area contributed by atoms with Crippen molar-refractivity contribution in [1.82, 2.24) is 4.90 Å². The fraction of sp³-hybridized carbons (Fsp3) is 0.559. The molecule has 2 aromatic rings. The molecular weight excluding hydrogens is 613 g/mol. The summed E-state index contributed by atoms with van der Waals surface area (Å²) in [6.45, 7) is 3.85. The Balaban J connectivity index is 1.65. The molecule has 0 saturated carbocycles. The SMILES string of the molecule is CCCCCC(=O)OC[C@H](COP(=O)(OC[C@H]1CCCN1C(=O)OCc1ccccc1)Oc1ccccc1)OC(=O)CCCCC. The highest BCUT2D eigenvalue weighted by molar-refractivity contribution is 7.48. The van der Waals surface area contributed by atoms with Crippen LogP contribution in [0.2, 0.25) is 0 Å². The maximum Gasteiger partial charge on any atom is 0.530 e. The van der Waals surface area contributed by atoms with Gasteiger partial charge in [-0.1, -0.05) is 88.1 Å². The third-order valence-corrected chi connectivity index (χ3v) is 8.68. The van der Waals surface area contributed by atoms with Gasteiger partial charge in [0.1, 0.15) is 25.6 Å². The second-order valence-corrected chi connectivity index (χ2v) is 12.8. The van der Waals surface area contributed by atoms with Crippen LogP contribution < -0.4 is 4.52 Å².